The summed E-state index contributed by atoms with van der Waals surface area (Å²) in [7, 11) is 5.91. The molecule has 1 saturated carbocycles. The second-order valence-electron chi connectivity index (χ2n) is 8.29. The van der Waals surface area contributed by atoms with Crippen molar-refractivity contribution >= 4 is 5.91 Å². The van der Waals surface area contributed by atoms with Crippen molar-refractivity contribution in [1.29, 1.82) is 0 Å². The lowest BCUT2D eigenvalue weighted by molar-refractivity contribution is -0.131. The molecule has 3 rings (SSSR count). The van der Waals surface area contributed by atoms with Gasteiger partial charge in [-0.15, -0.1) is 0 Å². The molecule has 1 aliphatic rings. The smallest absolute Gasteiger partial charge is 0.229 e. The Bertz CT molecular complexity index is 762. The highest BCUT2D eigenvalue weighted by atomic mass is 16.2. The molecule has 1 amide bonds. The molecule has 1 N–H and O–H groups in total. The average Bonchev–Trinajstić information content (AvgIpc) is 3.08. The maximum Gasteiger partial charge on any atom is 0.229 e. The zero-order valence-electron chi connectivity index (χ0n) is 17.7. The van der Waals surface area contributed by atoms with Gasteiger partial charge in [0, 0.05) is 20.0 Å². The van der Waals surface area contributed by atoms with Crippen LogP contribution in [0.15, 0.2) is 36.4 Å². The highest BCUT2D eigenvalue weighted by molar-refractivity contribution is 5.83. The van der Waals surface area contributed by atoms with Crippen molar-refractivity contribution < 1.29 is 4.79 Å². The van der Waals surface area contributed by atoms with E-state index in [1.54, 1.807) is 0 Å². The summed E-state index contributed by atoms with van der Waals surface area (Å²) < 4.78 is 1.95. The van der Waals surface area contributed by atoms with Crippen molar-refractivity contribution in [3.63, 3.8) is 0 Å². The molecule has 1 unspecified atom stereocenters. The monoisotopic (exact) mass is 382 g/mol. The molecule has 0 radical (unpaired) electrons. The minimum absolute atomic E-state index is 0.138. The second kappa shape index (κ2) is 9.37. The van der Waals surface area contributed by atoms with Crippen molar-refractivity contribution in [3.8, 4) is 0 Å². The van der Waals surface area contributed by atoms with Crippen LogP contribution < -0.4 is 5.32 Å². The number of aryl methyl sites for hydroxylation is 1. The third kappa shape index (κ3) is 4.82. The fourth-order valence-electron chi connectivity index (χ4n) is 4.36. The second-order valence-corrected chi connectivity index (χ2v) is 8.29. The van der Waals surface area contributed by atoms with Crippen LogP contribution in [0.5, 0.6) is 0 Å². The summed E-state index contributed by atoms with van der Waals surface area (Å²) in [6, 6.07) is 12.2. The SMILES string of the molecule is CNCC1CCC(c2cc(CN(C)C(=O)C(C)c3ccccc3)n(C)n2)CC1. The van der Waals surface area contributed by atoms with Gasteiger partial charge in [0.1, 0.15) is 0 Å². The Hall–Kier alpha value is -2.14. The van der Waals surface area contributed by atoms with E-state index in [4.69, 9.17) is 5.10 Å². The summed E-state index contributed by atoms with van der Waals surface area (Å²) in [4.78, 5) is 14.7. The van der Waals surface area contributed by atoms with Crippen LogP contribution in [-0.4, -0.2) is 41.2 Å². The summed E-state index contributed by atoms with van der Waals surface area (Å²) in [5, 5.41) is 8.08. The maximum atomic E-state index is 12.9. The van der Waals surface area contributed by atoms with Crippen LogP contribution in [0.3, 0.4) is 0 Å². The van der Waals surface area contributed by atoms with E-state index < -0.39 is 0 Å². The molecule has 1 fully saturated rings. The first-order chi connectivity index (χ1) is 13.5. The van der Waals surface area contributed by atoms with E-state index >= 15 is 0 Å². The first-order valence-electron chi connectivity index (χ1n) is 10.5. The van der Waals surface area contributed by atoms with E-state index in [-0.39, 0.29) is 11.8 Å². The van der Waals surface area contributed by atoms with E-state index in [0.717, 1.165) is 23.7 Å². The lowest BCUT2D eigenvalue weighted by Gasteiger charge is -2.27. The molecule has 5 nitrogen and oxygen atoms in total. The Kier molecular flexibility index (Phi) is 6.89. The highest BCUT2D eigenvalue weighted by Crippen LogP contribution is 2.35. The molecule has 0 aliphatic heterocycles. The number of hydrogen-bond acceptors (Lipinski definition) is 3. The molecule has 0 bridgehead atoms. The summed E-state index contributed by atoms with van der Waals surface area (Å²) >= 11 is 0. The number of carbonyl (C=O) groups is 1. The van der Waals surface area contributed by atoms with E-state index in [0.29, 0.717) is 12.5 Å². The van der Waals surface area contributed by atoms with Crippen molar-refractivity contribution in [2.45, 2.75) is 51.0 Å². The Balaban J connectivity index is 1.61. The minimum Gasteiger partial charge on any atom is -0.339 e. The summed E-state index contributed by atoms with van der Waals surface area (Å²) in [5.41, 5.74) is 3.35. The highest BCUT2D eigenvalue weighted by Gasteiger charge is 2.25. The number of nitrogens with one attached hydrogen (secondary N) is 1. The lowest BCUT2D eigenvalue weighted by Crippen LogP contribution is -2.30. The fraction of sp³-hybridized carbons (Fsp3) is 0.565. The summed E-state index contributed by atoms with van der Waals surface area (Å²) in [6.45, 7) is 3.69. The topological polar surface area (TPSA) is 50.2 Å². The van der Waals surface area contributed by atoms with Crippen molar-refractivity contribution in [2.24, 2.45) is 13.0 Å². The number of carbonyl (C=O) groups excluding carboxylic acids is 1. The van der Waals surface area contributed by atoms with Crippen molar-refractivity contribution in [1.82, 2.24) is 20.0 Å². The third-order valence-electron chi connectivity index (χ3n) is 6.20. The number of nitrogens with zero attached hydrogens (tertiary/aromatic N) is 3. The van der Waals surface area contributed by atoms with E-state index in [1.807, 2.05) is 68.0 Å². The Morgan fingerprint density at radius 2 is 1.93 bits per heavy atom. The van der Waals surface area contributed by atoms with Crippen molar-refractivity contribution in [3.05, 3.63) is 53.3 Å². The molecule has 152 valence electrons. The van der Waals surface area contributed by atoms with Crippen LogP contribution >= 0.6 is 0 Å². The first kappa shape index (κ1) is 20.6. The number of hydrogen-bond donors (Lipinski definition) is 1. The minimum atomic E-state index is -0.138. The number of aromatic nitrogens is 2. The van der Waals surface area contributed by atoms with Gasteiger partial charge >= 0.3 is 0 Å². The number of amides is 1. The first-order valence-corrected chi connectivity index (χ1v) is 10.5. The molecule has 1 aliphatic carbocycles. The van der Waals surface area contributed by atoms with Crippen LogP contribution in [0.1, 0.15) is 61.4 Å². The molecule has 28 heavy (non-hydrogen) atoms. The van der Waals surface area contributed by atoms with Gasteiger partial charge in [-0.3, -0.25) is 9.48 Å². The standard InChI is InChI=1S/C23H34N4O/c1-17(19-8-6-5-7-9-19)23(28)26(3)16-21-14-22(25-27(21)4)20-12-10-18(11-13-20)15-24-2/h5-9,14,17-18,20,24H,10-13,15-16H2,1-4H3. The lowest BCUT2D eigenvalue weighted by atomic mass is 9.80. The van der Waals surface area contributed by atoms with Gasteiger partial charge in [-0.2, -0.15) is 5.10 Å². The Morgan fingerprint density at radius 3 is 2.57 bits per heavy atom. The predicted molar refractivity (Wildman–Crippen MR) is 113 cm³/mol. The molecule has 1 atom stereocenters. The zero-order valence-corrected chi connectivity index (χ0v) is 17.7. The largest absolute Gasteiger partial charge is 0.339 e. The average molecular weight is 383 g/mol. The van der Waals surface area contributed by atoms with Crippen LogP contribution in [0.4, 0.5) is 0 Å². The third-order valence-corrected chi connectivity index (χ3v) is 6.20. The van der Waals surface area contributed by atoms with Crippen LogP contribution in [-0.2, 0) is 18.4 Å². The molecule has 1 aromatic carbocycles. The molecule has 5 heteroatoms. The normalized spacial score (nSPS) is 20.7. The van der Waals surface area contributed by atoms with E-state index in [9.17, 15) is 4.79 Å². The van der Waals surface area contributed by atoms with Crippen LogP contribution in [0, 0.1) is 5.92 Å². The van der Waals surface area contributed by atoms with E-state index in [2.05, 4.69) is 11.4 Å². The van der Waals surface area contributed by atoms with Gasteiger partial charge < -0.3 is 10.2 Å². The maximum absolute atomic E-state index is 12.9. The van der Waals surface area contributed by atoms with Gasteiger partial charge in [-0.1, -0.05) is 30.3 Å². The van der Waals surface area contributed by atoms with E-state index in [1.165, 1.54) is 31.4 Å². The Morgan fingerprint density at radius 1 is 1.25 bits per heavy atom. The molecule has 2 aromatic rings. The molecule has 1 heterocycles. The van der Waals surface area contributed by atoms with Gasteiger partial charge in [0.2, 0.25) is 5.91 Å². The molecule has 0 spiro atoms. The van der Waals surface area contributed by atoms with Gasteiger partial charge in [0.25, 0.3) is 0 Å². The molecular formula is C23H34N4O. The van der Waals surface area contributed by atoms with Gasteiger partial charge in [-0.05, 0) is 63.7 Å². The number of rotatable bonds is 7. The summed E-state index contributed by atoms with van der Waals surface area (Å²) in [6.07, 6.45) is 4.96. The number of likely N-dealkylation sites (N-methyl/N-ethyl adjacent to an activating group) is 1. The molecule has 0 saturated heterocycles. The van der Waals surface area contributed by atoms with Gasteiger partial charge in [-0.25, -0.2) is 0 Å². The quantitative estimate of drug-likeness (QED) is 0.795. The van der Waals surface area contributed by atoms with Crippen LogP contribution in [0.2, 0.25) is 0 Å². The number of benzene rings is 1. The predicted octanol–water partition coefficient (Wildman–Crippen LogP) is 3.68. The van der Waals surface area contributed by atoms with Gasteiger partial charge in [0.05, 0.1) is 23.9 Å². The molecule has 1 aromatic heterocycles. The van der Waals surface area contributed by atoms with Crippen molar-refractivity contribution in [2.75, 3.05) is 20.6 Å². The van der Waals surface area contributed by atoms with Gasteiger partial charge in [0.15, 0.2) is 0 Å². The Labute approximate surface area is 169 Å². The summed E-state index contributed by atoms with van der Waals surface area (Å²) in [5.74, 6) is 1.35. The van der Waals surface area contributed by atoms with Crippen LogP contribution in [0.25, 0.3) is 0 Å². The molecular weight excluding hydrogens is 348 g/mol. The zero-order chi connectivity index (χ0) is 20.1. The fourth-order valence-corrected chi connectivity index (χ4v) is 4.36.